The van der Waals surface area contributed by atoms with Crippen molar-refractivity contribution in [2.45, 2.75) is 31.7 Å². The van der Waals surface area contributed by atoms with Crippen LogP contribution in [0.3, 0.4) is 0 Å². The summed E-state index contributed by atoms with van der Waals surface area (Å²) in [5.74, 6) is -1.50. The Labute approximate surface area is 273 Å². The van der Waals surface area contributed by atoms with E-state index in [-0.39, 0.29) is 17.7 Å². The minimum absolute atomic E-state index is 0.182. The van der Waals surface area contributed by atoms with Crippen LogP contribution in [0.2, 0.25) is 0 Å². The summed E-state index contributed by atoms with van der Waals surface area (Å²) in [5.41, 5.74) is 5.77. The number of rotatable bonds is 8. The highest BCUT2D eigenvalue weighted by molar-refractivity contribution is 7.98. The van der Waals surface area contributed by atoms with Crippen LogP contribution in [0.15, 0.2) is 105 Å². The number of hydrogen-bond donors (Lipinski definition) is 1. The molecule has 0 unspecified atom stereocenters. The molecular formula is C36H31N3O5S2. The van der Waals surface area contributed by atoms with Crippen molar-refractivity contribution in [1.29, 1.82) is 0 Å². The molecule has 5 aromatic rings. The van der Waals surface area contributed by atoms with Crippen LogP contribution in [-0.2, 0) is 9.53 Å². The van der Waals surface area contributed by atoms with Gasteiger partial charge in [0.2, 0.25) is 0 Å². The third-order valence-electron chi connectivity index (χ3n) is 7.93. The number of hydrogen-bond acceptors (Lipinski definition) is 7. The Hall–Kier alpha value is -4.93. The summed E-state index contributed by atoms with van der Waals surface area (Å²) >= 11 is 2.89. The first-order valence-corrected chi connectivity index (χ1v) is 16.7. The van der Waals surface area contributed by atoms with Crippen LogP contribution in [0, 0.1) is 13.8 Å². The number of carbonyl (C=O) groups is 2. The molecule has 232 valence electrons. The minimum Gasteiger partial charge on any atom is -0.478 e. The molecule has 10 heteroatoms. The summed E-state index contributed by atoms with van der Waals surface area (Å²) in [5, 5.41) is 9.31. The Morgan fingerprint density at radius 3 is 2.35 bits per heavy atom. The number of thioether (sulfide) groups is 1. The second kappa shape index (κ2) is 12.8. The number of fused-ring (bicyclic) bond motifs is 1. The Balaban J connectivity index is 1.56. The summed E-state index contributed by atoms with van der Waals surface area (Å²) in [7, 11) is 0. The average Bonchev–Trinajstić information content (AvgIpc) is 3.53. The van der Waals surface area contributed by atoms with E-state index < -0.39 is 18.0 Å². The fraction of sp³-hybridized carbons (Fsp3) is 0.167. The number of carboxylic acid groups (broad SMARTS) is 1. The van der Waals surface area contributed by atoms with Gasteiger partial charge in [-0.25, -0.2) is 14.6 Å². The molecule has 1 aliphatic heterocycles. The van der Waals surface area contributed by atoms with Crippen molar-refractivity contribution in [2.24, 2.45) is 4.99 Å². The zero-order valence-corrected chi connectivity index (χ0v) is 27.3. The van der Waals surface area contributed by atoms with Gasteiger partial charge in [-0.05, 0) is 86.7 Å². The van der Waals surface area contributed by atoms with Crippen molar-refractivity contribution in [3.8, 4) is 5.69 Å². The molecule has 0 fully saturated rings. The number of aromatic nitrogens is 2. The normalized spacial score (nSPS) is 14.6. The largest absolute Gasteiger partial charge is 0.478 e. The molecule has 6 rings (SSSR count). The van der Waals surface area contributed by atoms with Gasteiger partial charge in [0.15, 0.2) is 4.80 Å². The fourth-order valence-corrected chi connectivity index (χ4v) is 7.17. The monoisotopic (exact) mass is 649 g/mol. The average molecular weight is 650 g/mol. The van der Waals surface area contributed by atoms with Gasteiger partial charge in [-0.3, -0.25) is 9.36 Å². The highest BCUT2D eigenvalue weighted by Gasteiger charge is 2.35. The van der Waals surface area contributed by atoms with Gasteiger partial charge in [-0.1, -0.05) is 53.8 Å². The molecule has 8 nitrogen and oxygen atoms in total. The summed E-state index contributed by atoms with van der Waals surface area (Å²) < 4.78 is 9.67. The molecule has 1 N–H and O–H groups in total. The molecule has 3 aromatic carbocycles. The van der Waals surface area contributed by atoms with Crippen molar-refractivity contribution in [1.82, 2.24) is 9.13 Å². The molecule has 2 aromatic heterocycles. The Morgan fingerprint density at radius 2 is 1.72 bits per heavy atom. The molecule has 1 aliphatic rings. The molecule has 0 amide bonds. The standard InChI is InChI=1S/C36H31N3O5S2/c1-5-44-35(43)30-31(23-9-7-6-8-10-23)37-36-39(32(30)24-13-17-28(45-4)18-14-24)33(40)29(46-36)20-26-19-21(2)38(22(26)3)27-15-11-25(12-16-27)34(41)42/h6-20,32H,5H2,1-4H3,(H,41,42)/b29-20-/t32-/m1/s1. The lowest BCUT2D eigenvalue weighted by Crippen LogP contribution is -2.40. The van der Waals surface area contributed by atoms with E-state index >= 15 is 0 Å². The zero-order valence-electron chi connectivity index (χ0n) is 25.7. The Kier molecular flexibility index (Phi) is 8.66. The number of carboxylic acids is 1. The lowest BCUT2D eigenvalue weighted by molar-refractivity contribution is -0.138. The van der Waals surface area contributed by atoms with Gasteiger partial charge < -0.3 is 14.4 Å². The molecule has 46 heavy (non-hydrogen) atoms. The molecule has 0 saturated carbocycles. The number of carbonyl (C=O) groups excluding carboxylic acids is 1. The van der Waals surface area contributed by atoms with E-state index in [0.29, 0.717) is 20.6 Å². The topological polar surface area (TPSA) is 103 Å². The van der Waals surface area contributed by atoms with Crippen LogP contribution in [0.1, 0.15) is 51.4 Å². The summed E-state index contributed by atoms with van der Waals surface area (Å²) in [6.45, 7) is 5.87. The lowest BCUT2D eigenvalue weighted by Gasteiger charge is -2.26. The van der Waals surface area contributed by atoms with E-state index in [9.17, 15) is 19.5 Å². The van der Waals surface area contributed by atoms with Crippen molar-refractivity contribution < 1.29 is 19.4 Å². The number of nitrogens with zero attached hydrogens (tertiary/aromatic N) is 3. The van der Waals surface area contributed by atoms with Gasteiger partial charge in [-0.15, -0.1) is 11.8 Å². The van der Waals surface area contributed by atoms with Crippen LogP contribution >= 0.6 is 23.1 Å². The van der Waals surface area contributed by atoms with Gasteiger partial charge in [0.05, 0.1) is 34.0 Å². The summed E-state index contributed by atoms with van der Waals surface area (Å²) in [4.78, 5) is 45.8. The number of aryl methyl sites for hydroxylation is 1. The molecule has 0 aliphatic carbocycles. The molecule has 0 spiro atoms. The number of thiazole rings is 1. The quantitative estimate of drug-likeness (QED) is 0.169. The molecule has 0 saturated heterocycles. The van der Waals surface area contributed by atoms with Gasteiger partial charge in [0.25, 0.3) is 5.56 Å². The predicted octanol–water partition coefficient (Wildman–Crippen LogP) is 5.76. The number of benzene rings is 3. The smallest absolute Gasteiger partial charge is 0.338 e. The van der Waals surface area contributed by atoms with Crippen molar-refractivity contribution >= 4 is 46.8 Å². The fourth-order valence-electron chi connectivity index (χ4n) is 5.77. The summed E-state index contributed by atoms with van der Waals surface area (Å²) in [6, 6.07) is 25.3. The molecule has 0 radical (unpaired) electrons. The molecular weight excluding hydrogens is 619 g/mol. The SMILES string of the molecule is CCOC(=O)C1=C(c2ccccc2)N=c2s/c(=C\c3cc(C)n(-c4ccc(C(=O)O)cc4)c3C)c(=O)n2[C@@H]1c1ccc(SC)cc1. The third-order valence-corrected chi connectivity index (χ3v) is 9.66. The highest BCUT2D eigenvalue weighted by atomic mass is 32.2. The van der Waals surface area contributed by atoms with E-state index in [1.165, 1.54) is 11.3 Å². The van der Waals surface area contributed by atoms with E-state index in [2.05, 4.69) is 0 Å². The second-order valence-corrected chi connectivity index (χ2v) is 12.6. The predicted molar refractivity (Wildman–Crippen MR) is 181 cm³/mol. The van der Waals surface area contributed by atoms with Gasteiger partial charge in [0, 0.05) is 27.5 Å². The third kappa shape index (κ3) is 5.65. The maximum atomic E-state index is 14.3. The maximum Gasteiger partial charge on any atom is 0.338 e. The van der Waals surface area contributed by atoms with Crippen molar-refractivity contribution in [3.05, 3.63) is 144 Å². The van der Waals surface area contributed by atoms with Crippen LogP contribution in [0.4, 0.5) is 0 Å². The van der Waals surface area contributed by atoms with Gasteiger partial charge >= 0.3 is 11.9 Å². The Morgan fingerprint density at radius 1 is 1.02 bits per heavy atom. The van der Waals surface area contributed by atoms with Crippen LogP contribution in [0.25, 0.3) is 17.5 Å². The number of aromatic carboxylic acids is 1. The lowest BCUT2D eigenvalue weighted by atomic mass is 9.93. The van der Waals surface area contributed by atoms with Crippen LogP contribution < -0.4 is 14.9 Å². The van der Waals surface area contributed by atoms with E-state index in [4.69, 9.17) is 9.73 Å². The molecule has 3 heterocycles. The molecule has 1 atom stereocenters. The van der Waals surface area contributed by atoms with Gasteiger partial charge in [-0.2, -0.15) is 0 Å². The Bertz CT molecular complexity index is 2180. The second-order valence-electron chi connectivity index (χ2n) is 10.7. The first kappa shape index (κ1) is 31.1. The van der Waals surface area contributed by atoms with Crippen molar-refractivity contribution in [2.75, 3.05) is 12.9 Å². The summed E-state index contributed by atoms with van der Waals surface area (Å²) in [6.07, 6.45) is 3.86. The van der Waals surface area contributed by atoms with Gasteiger partial charge in [0.1, 0.15) is 0 Å². The van der Waals surface area contributed by atoms with Crippen LogP contribution in [-0.4, -0.2) is 39.0 Å². The highest BCUT2D eigenvalue weighted by Crippen LogP contribution is 2.35. The van der Waals surface area contributed by atoms with Crippen LogP contribution in [0.5, 0.6) is 0 Å². The first-order valence-electron chi connectivity index (χ1n) is 14.7. The number of ether oxygens (including phenoxy) is 1. The maximum absolute atomic E-state index is 14.3. The first-order chi connectivity index (χ1) is 22.2. The minimum atomic E-state index is -0.983. The van der Waals surface area contributed by atoms with Crippen molar-refractivity contribution in [3.63, 3.8) is 0 Å². The zero-order chi connectivity index (χ0) is 32.5. The van der Waals surface area contributed by atoms with E-state index in [1.807, 2.05) is 91.4 Å². The number of esters is 1. The van der Waals surface area contributed by atoms with E-state index in [0.717, 1.165) is 38.7 Å². The van der Waals surface area contributed by atoms with E-state index in [1.54, 1.807) is 47.5 Å². The molecule has 0 bridgehead atoms.